The van der Waals surface area contributed by atoms with Crippen LogP contribution in [0, 0.1) is 40.9 Å². The third-order valence-corrected chi connectivity index (χ3v) is 13.3. The second-order valence-corrected chi connectivity index (χ2v) is 21.4. The van der Waals surface area contributed by atoms with E-state index in [0.717, 1.165) is 9.13 Å². The van der Waals surface area contributed by atoms with Crippen molar-refractivity contribution in [1.29, 1.82) is 10.5 Å². The molecule has 21 nitrogen and oxygen atoms in total. The Morgan fingerprint density at radius 2 is 1.17 bits per heavy atom. The summed E-state index contributed by atoms with van der Waals surface area (Å²) in [7, 11) is 2.79. The number of nitrogens with two attached hydrogens (primary N) is 1. The zero-order valence-electron chi connectivity index (χ0n) is 43.6. The average molecular weight is 1110 g/mol. The fraction of sp³-hybridized carbons (Fsp3) is 0.434. The first-order chi connectivity index (χ1) is 36.2. The molecule has 2 aliphatic rings. The predicted molar refractivity (Wildman–Crippen MR) is 291 cm³/mol. The fourth-order valence-electron chi connectivity index (χ4n) is 9.38. The van der Waals surface area contributed by atoms with E-state index < -0.39 is 52.0 Å². The molecule has 2 atom stereocenters. The summed E-state index contributed by atoms with van der Waals surface area (Å²) in [6.45, 7) is 19.6. The number of rotatable bonds is 9. The number of hydrogen-bond acceptors (Lipinski definition) is 13. The molecule has 6 aromatic rings. The van der Waals surface area contributed by atoms with Crippen LogP contribution >= 0.6 is 23.2 Å². The van der Waals surface area contributed by atoms with Crippen LogP contribution in [0.5, 0.6) is 0 Å². The number of ether oxygens (including phenoxy) is 2. The number of nitriles is 2. The van der Waals surface area contributed by atoms with Crippen LogP contribution in [0.2, 0.25) is 10.0 Å². The highest BCUT2D eigenvalue weighted by molar-refractivity contribution is 6.31. The molecule has 2 aromatic carbocycles. The molecule has 4 aromatic heterocycles. The molecule has 412 valence electrons. The minimum atomic E-state index is -0.928. The van der Waals surface area contributed by atoms with Gasteiger partial charge in [0, 0.05) is 62.4 Å². The largest absolute Gasteiger partial charge is 0.444 e. The van der Waals surface area contributed by atoms with Gasteiger partial charge in [0.05, 0.1) is 13.1 Å². The first-order valence-corrected chi connectivity index (χ1v) is 25.1. The maximum atomic E-state index is 14.2. The van der Waals surface area contributed by atoms with Crippen LogP contribution in [0.3, 0.4) is 0 Å². The molecule has 6 heterocycles. The highest BCUT2D eigenvalue weighted by Gasteiger charge is 2.35. The van der Waals surface area contributed by atoms with E-state index >= 15 is 0 Å². The Morgan fingerprint density at radius 3 is 1.55 bits per heavy atom. The molecule has 3 amide bonds. The zero-order chi connectivity index (χ0) is 56.4. The molecule has 25 heteroatoms. The minimum absolute atomic E-state index is 0. The molecule has 8 rings (SSSR count). The lowest BCUT2D eigenvalue weighted by atomic mass is 10.1. The number of alkyl carbamates (subject to hydrolysis) is 2. The summed E-state index contributed by atoms with van der Waals surface area (Å²) in [4.78, 5) is 79.5. The molecule has 0 saturated carbocycles. The van der Waals surface area contributed by atoms with Crippen LogP contribution < -0.4 is 37.3 Å². The van der Waals surface area contributed by atoms with Crippen LogP contribution in [-0.2, 0) is 36.7 Å². The highest BCUT2D eigenvalue weighted by atomic mass is 35.5. The number of primary amides is 1. The number of halogens is 4. The van der Waals surface area contributed by atoms with Crippen molar-refractivity contribution in [1.82, 2.24) is 38.9 Å². The molecular weight excluding hydrogens is 1050 g/mol. The molecule has 0 aliphatic carbocycles. The lowest BCUT2D eigenvalue weighted by Gasteiger charge is -2.35. The first kappa shape index (κ1) is 59.1. The van der Waals surface area contributed by atoms with Gasteiger partial charge in [0.25, 0.3) is 11.5 Å². The number of benzene rings is 2. The number of nitrogens with one attached hydrogen (secondary N) is 2. The van der Waals surface area contributed by atoms with E-state index in [2.05, 4.69) is 37.6 Å². The number of amides is 3. The molecule has 2 saturated heterocycles. The van der Waals surface area contributed by atoms with Crippen LogP contribution in [0.15, 0.2) is 46.0 Å². The minimum Gasteiger partial charge on any atom is -0.444 e. The van der Waals surface area contributed by atoms with Crippen molar-refractivity contribution in [2.45, 2.75) is 111 Å². The molecule has 4 N–H and O–H groups in total. The van der Waals surface area contributed by atoms with E-state index in [0.29, 0.717) is 79.6 Å². The van der Waals surface area contributed by atoms with E-state index in [1.165, 1.54) is 50.5 Å². The van der Waals surface area contributed by atoms with Gasteiger partial charge in [-0.3, -0.25) is 18.7 Å². The van der Waals surface area contributed by atoms with E-state index in [4.69, 9.17) is 45.0 Å². The van der Waals surface area contributed by atoms with Gasteiger partial charge in [-0.25, -0.2) is 28.1 Å². The number of aromatic nitrogens is 6. The van der Waals surface area contributed by atoms with Crippen LogP contribution in [0.1, 0.15) is 108 Å². The van der Waals surface area contributed by atoms with Crippen molar-refractivity contribution in [3.63, 3.8) is 0 Å². The number of fused-ring (bicyclic) bond motifs is 2. The Kier molecular flexibility index (Phi) is 17.9. The van der Waals surface area contributed by atoms with Crippen molar-refractivity contribution in [3.8, 4) is 12.1 Å². The summed E-state index contributed by atoms with van der Waals surface area (Å²) in [5, 5.41) is 26.7. The van der Waals surface area contributed by atoms with Crippen molar-refractivity contribution in [3.05, 3.63) is 118 Å². The number of nitrogens with zero attached hydrogens (tertiary/aromatic N) is 11. The normalized spacial score (nSPS) is 15.5. The van der Waals surface area contributed by atoms with Gasteiger partial charge in [-0.05, 0) is 115 Å². The second kappa shape index (κ2) is 23.6. The van der Waals surface area contributed by atoms with Gasteiger partial charge in [0.1, 0.15) is 68.8 Å². The summed E-state index contributed by atoms with van der Waals surface area (Å²) in [5.41, 5.74) is 4.18. The summed E-state index contributed by atoms with van der Waals surface area (Å²) >= 11 is 12.7. The number of anilines is 2. The zero-order valence-corrected chi connectivity index (χ0v) is 45.1. The fourth-order valence-corrected chi connectivity index (χ4v) is 9.74. The second-order valence-electron chi connectivity index (χ2n) is 20.6. The third-order valence-electron chi connectivity index (χ3n) is 12.6. The SMILES string of the molecule is C.Cn1c(C(N)=O)nc2c(C#N)c(N3CCC[C@@H](NC(=O)OC(C)(C)C)C3)n(Cc3cc(F)ccc3Cl)c2c1=O.[C-]#[N+]c1nc2c(C#N)c(N3CCC[C@@H](NC(=O)OC(C)(C)C)C3)n(Cc3cc(F)ccc3Cl)c2c(=O)n1C. The first-order valence-electron chi connectivity index (χ1n) is 24.3. The van der Waals surface area contributed by atoms with Crippen molar-refractivity contribution in [2.75, 3.05) is 36.0 Å². The summed E-state index contributed by atoms with van der Waals surface area (Å²) < 4.78 is 44.4. The van der Waals surface area contributed by atoms with Gasteiger partial charge in [-0.15, -0.1) is 11.6 Å². The summed E-state index contributed by atoms with van der Waals surface area (Å²) in [6.07, 6.45) is 1.59. The van der Waals surface area contributed by atoms with Gasteiger partial charge >= 0.3 is 23.7 Å². The van der Waals surface area contributed by atoms with Crippen molar-refractivity contribution >= 4 is 80.9 Å². The lowest BCUT2D eigenvalue weighted by Crippen LogP contribution is -2.49. The number of carbonyl (C=O) groups excluding carboxylic acids is 3. The molecule has 78 heavy (non-hydrogen) atoms. The van der Waals surface area contributed by atoms with Crippen molar-refractivity contribution < 1.29 is 32.6 Å². The predicted octanol–water partition coefficient (Wildman–Crippen LogP) is 8.17. The molecular formula is C53H60Cl2F2N14O7. The molecule has 2 fully saturated rings. The Morgan fingerprint density at radius 1 is 0.756 bits per heavy atom. The van der Waals surface area contributed by atoms with Crippen LogP contribution in [0.4, 0.5) is 36.0 Å². The number of carbonyl (C=O) groups is 3. The maximum absolute atomic E-state index is 14.2. The topological polar surface area (TPSA) is 258 Å². The standard InChI is InChI=1S/C26H29ClFN7O4.C26H27ClFN7O3.CH4/c1-26(2,3)39-25(38)31-16-6-5-9-34(13-16)23-17(11-29)19-20(24(37)33(4)22(32-19)21(30)36)35(23)12-14-10-15(28)7-8-18(14)27;1-26(2,3)38-25(37)31-17-7-6-10-34(14-17)22-18(12-29)20-21(23(36)33(5)24(30-4)32-20)35(22)13-15-11-16(28)8-9-19(15)27;/h7-8,10,16H,5-6,9,12-13H2,1-4H3,(H2,30,36)(H,31,38);8-9,11,17H,6-7,10,13-14H2,1-3,5H3,(H,31,37);1H4/t16-;17-;/m11./s1. The van der Waals surface area contributed by atoms with Gasteiger partial charge in [0.15, 0.2) is 11.0 Å². The maximum Gasteiger partial charge on any atom is 0.407 e. The highest BCUT2D eigenvalue weighted by Crippen LogP contribution is 2.36. The lowest BCUT2D eigenvalue weighted by molar-refractivity contribution is 0.0488. The molecule has 0 unspecified atom stereocenters. The van der Waals surface area contributed by atoms with Gasteiger partial charge in [0.2, 0.25) is 5.82 Å². The van der Waals surface area contributed by atoms with E-state index in [9.17, 15) is 43.3 Å². The van der Waals surface area contributed by atoms with Crippen LogP contribution in [0.25, 0.3) is 26.9 Å². The monoisotopic (exact) mass is 1110 g/mol. The Balaban J connectivity index is 0.000000249. The Hall–Kier alpha value is -8.20. The number of hydrogen-bond donors (Lipinski definition) is 3. The van der Waals surface area contributed by atoms with Gasteiger partial charge in [-0.1, -0.05) is 30.6 Å². The quantitative estimate of drug-likeness (QED) is 0.116. The molecule has 0 radical (unpaired) electrons. The van der Waals surface area contributed by atoms with Crippen LogP contribution in [-0.4, -0.2) is 95.8 Å². The van der Waals surface area contributed by atoms with Gasteiger partial charge in [-0.2, -0.15) is 10.5 Å². The third kappa shape index (κ3) is 12.8. The smallest absolute Gasteiger partial charge is 0.407 e. The Labute approximate surface area is 458 Å². The summed E-state index contributed by atoms with van der Waals surface area (Å²) in [6, 6.07) is 11.5. The summed E-state index contributed by atoms with van der Waals surface area (Å²) in [5.74, 6) is -1.67. The van der Waals surface area contributed by atoms with Crippen molar-refractivity contribution in [2.24, 2.45) is 19.8 Å². The Bertz CT molecular complexity index is 3590. The number of piperidine rings is 2. The molecule has 0 bridgehead atoms. The van der Waals surface area contributed by atoms with E-state index in [-0.39, 0.29) is 82.6 Å². The van der Waals surface area contributed by atoms with E-state index in [1.54, 1.807) is 50.7 Å². The van der Waals surface area contributed by atoms with Gasteiger partial charge < -0.3 is 49.6 Å². The molecule has 2 aliphatic heterocycles. The average Bonchev–Trinajstić information content (AvgIpc) is 4.02. The molecule has 0 spiro atoms. The van der Waals surface area contributed by atoms with E-state index in [1.807, 2.05) is 9.80 Å².